The Balaban J connectivity index is 0.426. The maximum absolute atomic E-state index is 15.1. The number of nitrogens with zero attached hydrogens (tertiary/aromatic N) is 4. The van der Waals surface area contributed by atoms with Gasteiger partial charge in [0.25, 0.3) is 0 Å². The van der Waals surface area contributed by atoms with E-state index in [1.54, 1.807) is 323 Å². The third kappa shape index (κ3) is 5.32. The zero-order chi connectivity index (χ0) is 78.4. The van der Waals surface area contributed by atoms with Crippen molar-refractivity contribution < 1.29 is 47.2 Å². The monoisotopic (exact) mass is 1600 g/mol. The maximum Gasteiger partial charge on any atom is 0.328 e. The maximum atomic E-state index is 15.1. The number of nitrogens with one attached hydrogen (secondary N) is 6. The highest BCUT2D eigenvalue weighted by Gasteiger charge is 2.73. The number of benzene rings is 17. The molecule has 37 rings (SSSR count). The number of carbonyl (C=O) groups excluding carboxylic acids is 7. The van der Waals surface area contributed by atoms with E-state index >= 15 is 9.59 Å². The summed E-state index contributed by atoms with van der Waals surface area (Å²) in [5.74, 6) is -3.66. The van der Waals surface area contributed by atoms with Gasteiger partial charge < -0.3 is 56.5 Å². The van der Waals surface area contributed by atoms with Crippen LogP contribution in [-0.4, -0.2) is 198 Å². The molecular formula is C99H65N11O10S. The lowest BCUT2D eigenvalue weighted by molar-refractivity contribution is -0.157. The lowest BCUT2D eigenvalue weighted by atomic mass is 9.52. The van der Waals surface area contributed by atoms with E-state index in [0.29, 0.717) is 71.2 Å². The highest BCUT2D eigenvalue weighted by atomic mass is 32.2. The Morgan fingerprint density at radius 2 is 0.835 bits per heavy atom. The van der Waals surface area contributed by atoms with Crippen molar-refractivity contribution >= 4 is 349 Å². The molecule has 121 heavy (non-hydrogen) atoms. The molecule has 0 aromatic heterocycles. The number of ether oxygens (including phenoxy) is 2. The highest BCUT2D eigenvalue weighted by molar-refractivity contribution is 7.84. The van der Waals surface area contributed by atoms with Gasteiger partial charge in [0.05, 0.1) is 36.6 Å². The molecule has 0 saturated carbocycles. The van der Waals surface area contributed by atoms with E-state index in [4.69, 9.17) is 20.6 Å². The van der Waals surface area contributed by atoms with Crippen LogP contribution in [0.1, 0.15) is 92.9 Å². The van der Waals surface area contributed by atoms with Crippen LogP contribution in [0.4, 0.5) is 0 Å². The van der Waals surface area contributed by atoms with Gasteiger partial charge in [0.2, 0.25) is 35.4 Å². The van der Waals surface area contributed by atoms with Crippen LogP contribution in [0.25, 0.3) is 291 Å². The van der Waals surface area contributed by atoms with E-state index < -0.39 is 88.0 Å². The Hall–Kier alpha value is -12.0. The fourth-order valence-corrected chi connectivity index (χ4v) is 33.7. The predicted octanol–water partition coefficient (Wildman–Crippen LogP) is 13.0. The van der Waals surface area contributed by atoms with Gasteiger partial charge >= 0.3 is 5.97 Å². The van der Waals surface area contributed by atoms with Gasteiger partial charge in [-0.15, -0.1) is 0 Å². The quantitative estimate of drug-likeness (QED) is 0.0103. The lowest BCUT2D eigenvalue weighted by Gasteiger charge is -2.48. The van der Waals surface area contributed by atoms with Gasteiger partial charge in [0, 0.05) is 68.6 Å². The highest BCUT2D eigenvalue weighted by Crippen LogP contribution is 2.85. The fraction of sp³-hybridized carbons (Fsp3) is 0.333. The SMILES string of the molecule is CS(=O)CC[C@H](NC(=O)CNC(=O)[C@@H]1CCCN1C(=O)[C@@H]1CCCN1)C(=O)N[C@@H](CCCNC(=N)N)C(=O)N1CCC[C@H]1C(=O)N1CCC[C@H]1C(=O)OCCOCCN1CC23c4c5c6c7c8c9c(c%10c%11c2c2c%12c4c4c%13c5c5c7c7c8c8c%14c9c%10c9c%10c%11c2c2c%11c%12c4c4c%12c%13c5c5c7c7c8c8c%14c9c9c%10c2c2c%11c4c4c%12c5c7c5c8c9c2c45)C63C1. The normalized spacial score (nSPS) is 23.8. The van der Waals surface area contributed by atoms with Gasteiger partial charge in [-0.3, -0.25) is 43.3 Å². The summed E-state index contributed by atoms with van der Waals surface area (Å²) in [5, 5.41) is 108. The zero-order valence-corrected chi connectivity index (χ0v) is 66.1. The lowest BCUT2D eigenvalue weighted by Crippen LogP contribution is -2.58. The van der Waals surface area contributed by atoms with Crippen molar-refractivity contribution in [3.63, 3.8) is 0 Å². The summed E-state index contributed by atoms with van der Waals surface area (Å²) in [4.78, 5) is 107. The molecule has 28 aromatic carbocycles. The molecule has 6 amide bonds. The van der Waals surface area contributed by atoms with Crippen molar-refractivity contribution in [2.45, 2.75) is 118 Å². The number of hydrogen-bond donors (Lipinski definition) is 7. The molecule has 8 N–H and O–H groups in total. The first-order valence-corrected chi connectivity index (χ1v) is 46.1. The van der Waals surface area contributed by atoms with E-state index in [9.17, 15) is 28.2 Å². The summed E-state index contributed by atoms with van der Waals surface area (Å²) in [5.41, 5.74) is 11.5. The van der Waals surface area contributed by atoms with Gasteiger partial charge in [-0.25, -0.2) is 4.79 Å². The van der Waals surface area contributed by atoms with E-state index in [2.05, 4.69) is 31.5 Å². The number of rotatable bonds is 23. The van der Waals surface area contributed by atoms with Gasteiger partial charge in [-0.1, -0.05) is 0 Å². The van der Waals surface area contributed by atoms with Crippen LogP contribution in [0.15, 0.2) is 0 Å². The third-order valence-electron chi connectivity index (χ3n) is 35.8. The topological polar surface area (TPSA) is 278 Å². The van der Waals surface area contributed by atoms with Crippen molar-refractivity contribution in [3.8, 4) is 0 Å². The van der Waals surface area contributed by atoms with Crippen molar-refractivity contribution in [3.05, 3.63) is 22.3 Å². The van der Waals surface area contributed by atoms with Crippen LogP contribution in [-0.2, 0) is 64.7 Å². The van der Waals surface area contributed by atoms with Crippen LogP contribution in [0.5, 0.6) is 0 Å². The third-order valence-corrected chi connectivity index (χ3v) is 36.6. The predicted molar refractivity (Wildman–Crippen MR) is 477 cm³/mol. The second kappa shape index (κ2) is 18.0. The number of amides is 6. The van der Waals surface area contributed by atoms with E-state index in [-0.39, 0.29) is 75.1 Å². The summed E-state index contributed by atoms with van der Waals surface area (Å²) in [6, 6.07) is -5.36. The zero-order valence-electron chi connectivity index (χ0n) is 65.3. The Labute approximate surface area is 680 Å². The Morgan fingerprint density at radius 3 is 1.26 bits per heavy atom. The molecule has 21 nitrogen and oxygen atoms in total. The standard InChI is InChI=1S/C99H65N11O10S/c1-121(118)22-12-26(105-32(111)23-104-92(113)29-9-4-15-108(29)93(114)27-7-2-13-102-27)91(112)106-28(8-3-14-103-97(100)101)94(115)109-16-5-10-30(109)95(116)110-17-6-11-31(110)96(117)120-21-20-119-19-18-107-24-98-87-80-73-61-53-44-35-33-34-36-39(35)48-55(53)63-64-56(48)54-45(36)47-43-38(34)41-40-37(33)42-46(44)59(61)67-65-51(42)49(40)57-58-50(41)52(43)66-68-60(47)62(54)74-76(64)85(84(87)75(63)73)88-81(74)79(68)83-72(66)70(58)77-69(57)71(65)82(78(67)80)89(98)86(77)90(83)99(88,98)25-107/h26-31,102H,2-25H2,1H3,(H,104,113)(H,105,111)(H,106,112)(H4,100,101,103)/t26-,27-,28-,29-,30-,31-,98?,99?,121?/m0/s1. The van der Waals surface area contributed by atoms with Gasteiger partial charge in [-0.2, -0.15) is 0 Å². The smallest absolute Gasteiger partial charge is 0.328 e. The Kier molecular flexibility index (Phi) is 9.14. The Morgan fingerprint density at radius 1 is 0.446 bits per heavy atom. The first kappa shape index (κ1) is 61.4. The number of carbonyl (C=O) groups is 7. The molecule has 5 saturated heterocycles. The molecule has 3 unspecified atom stereocenters. The second-order valence-electron chi connectivity index (χ2n) is 39.7. The minimum Gasteiger partial charge on any atom is -0.462 e. The van der Waals surface area contributed by atoms with Crippen LogP contribution in [0.2, 0.25) is 0 Å². The first-order valence-electron chi connectivity index (χ1n) is 44.4. The molecule has 9 aliphatic rings. The molecule has 9 atom stereocenters. The van der Waals surface area contributed by atoms with Crippen LogP contribution >= 0.6 is 0 Å². The summed E-state index contributed by atoms with van der Waals surface area (Å²) < 4.78 is 25.5. The van der Waals surface area contributed by atoms with Gasteiger partial charge in [-0.05, 0) is 390 Å². The van der Waals surface area contributed by atoms with Crippen molar-refractivity contribution in [2.75, 3.05) is 90.7 Å². The molecule has 22 heteroatoms. The molecule has 0 bridgehead atoms. The number of guanidine groups is 1. The Bertz CT molecular complexity index is 9050. The summed E-state index contributed by atoms with van der Waals surface area (Å²) in [6.45, 7) is 4.46. The van der Waals surface area contributed by atoms with Gasteiger partial charge in [0.1, 0.15) is 36.8 Å². The summed E-state index contributed by atoms with van der Waals surface area (Å²) in [7, 11) is -1.37. The van der Waals surface area contributed by atoms with E-state index in [1.165, 1.54) is 11.2 Å². The molecule has 5 aliphatic heterocycles. The summed E-state index contributed by atoms with van der Waals surface area (Å²) >= 11 is 0. The molecule has 582 valence electrons. The number of likely N-dealkylation sites (tertiary alicyclic amines) is 4. The van der Waals surface area contributed by atoms with Crippen LogP contribution in [0.3, 0.4) is 0 Å². The minimum absolute atomic E-state index is 0.00475. The first-order chi connectivity index (χ1) is 59.3. The fourth-order valence-electron chi connectivity index (χ4n) is 33.1. The van der Waals surface area contributed by atoms with Crippen molar-refractivity contribution in [2.24, 2.45) is 5.73 Å². The summed E-state index contributed by atoms with van der Waals surface area (Å²) in [6.07, 6.45) is 6.22. The van der Waals surface area contributed by atoms with E-state index in [0.717, 1.165) is 26.1 Å². The number of hydrogen-bond acceptors (Lipinski definition) is 13. The van der Waals surface area contributed by atoms with Crippen LogP contribution < -0.4 is 32.3 Å². The number of nitrogens with two attached hydrogens (primary N) is 1. The number of esters is 1. The van der Waals surface area contributed by atoms with Crippen molar-refractivity contribution in [1.29, 1.82) is 5.41 Å². The van der Waals surface area contributed by atoms with Crippen molar-refractivity contribution in [1.82, 2.24) is 46.2 Å². The average molecular weight is 1600 g/mol. The molecule has 5 heterocycles. The van der Waals surface area contributed by atoms with E-state index in [1.807, 2.05) is 0 Å². The molecule has 2 spiro atoms. The average Bonchev–Trinajstić information content (AvgIpc) is 1.38. The van der Waals surface area contributed by atoms with Gasteiger partial charge in [0.15, 0.2) is 5.96 Å². The minimum atomic E-state index is -1.37. The molecule has 28 aromatic rings. The van der Waals surface area contributed by atoms with Crippen LogP contribution in [0, 0.1) is 5.41 Å². The largest absolute Gasteiger partial charge is 0.462 e. The molecule has 4 aliphatic carbocycles. The molecular weight excluding hydrogens is 1540 g/mol. The molecule has 5 fully saturated rings. The second-order valence-corrected chi connectivity index (χ2v) is 41.3. The molecule has 0 radical (unpaired) electrons.